The zero-order chi connectivity index (χ0) is 23.8. The SMILES string of the molecule is CC(Sc1n[nH]c(/C=C/c2ccc(F)cc2)n1)C(=O)N(Cc1ccccc1)Cc1ccccc1. The van der Waals surface area contributed by atoms with E-state index in [4.69, 9.17) is 0 Å². The van der Waals surface area contributed by atoms with Crippen LogP contribution in [0.1, 0.15) is 29.4 Å². The number of aromatic nitrogens is 3. The largest absolute Gasteiger partial charge is 0.333 e. The summed E-state index contributed by atoms with van der Waals surface area (Å²) in [6.45, 7) is 2.93. The molecular weight excluding hydrogens is 447 g/mol. The van der Waals surface area contributed by atoms with E-state index < -0.39 is 0 Å². The van der Waals surface area contributed by atoms with Gasteiger partial charge in [0, 0.05) is 13.1 Å². The summed E-state index contributed by atoms with van der Waals surface area (Å²) in [5.41, 5.74) is 3.01. The molecule has 172 valence electrons. The number of halogens is 1. The summed E-state index contributed by atoms with van der Waals surface area (Å²) in [5, 5.41) is 7.25. The molecule has 0 aliphatic carbocycles. The molecule has 1 atom stereocenters. The van der Waals surface area contributed by atoms with Crippen LogP contribution in [0.5, 0.6) is 0 Å². The van der Waals surface area contributed by atoms with Crippen molar-refractivity contribution in [1.82, 2.24) is 20.1 Å². The highest BCUT2D eigenvalue weighted by atomic mass is 32.2. The minimum absolute atomic E-state index is 0.0194. The van der Waals surface area contributed by atoms with E-state index >= 15 is 0 Å². The van der Waals surface area contributed by atoms with Crippen molar-refractivity contribution >= 4 is 29.8 Å². The van der Waals surface area contributed by atoms with Gasteiger partial charge in [-0.2, -0.15) is 0 Å². The standard InChI is InChI=1S/C27H25FN4OS/c1-20(34-27-29-25(30-31-27)17-14-21-12-15-24(28)16-13-21)26(33)32(18-22-8-4-2-5-9-22)19-23-10-6-3-7-11-23/h2-17,20H,18-19H2,1H3,(H,29,30,31)/b17-14+. The van der Waals surface area contributed by atoms with Gasteiger partial charge in [-0.15, -0.1) is 5.10 Å². The van der Waals surface area contributed by atoms with Crippen molar-refractivity contribution < 1.29 is 9.18 Å². The lowest BCUT2D eigenvalue weighted by atomic mass is 10.1. The Morgan fingerprint density at radius 2 is 1.53 bits per heavy atom. The first-order valence-corrected chi connectivity index (χ1v) is 11.8. The molecule has 1 N–H and O–H groups in total. The van der Waals surface area contributed by atoms with Crippen molar-refractivity contribution in [2.75, 3.05) is 0 Å². The topological polar surface area (TPSA) is 61.9 Å². The summed E-state index contributed by atoms with van der Waals surface area (Å²) in [5.74, 6) is 0.311. The van der Waals surface area contributed by atoms with Gasteiger partial charge in [-0.05, 0) is 41.8 Å². The van der Waals surface area contributed by atoms with Gasteiger partial charge in [0.05, 0.1) is 5.25 Å². The molecule has 7 heteroatoms. The molecule has 1 aromatic heterocycles. The van der Waals surface area contributed by atoms with Crippen LogP contribution in [-0.4, -0.2) is 31.2 Å². The van der Waals surface area contributed by atoms with Crippen molar-refractivity contribution in [2.24, 2.45) is 0 Å². The summed E-state index contributed by atoms with van der Waals surface area (Å²) < 4.78 is 13.1. The lowest BCUT2D eigenvalue weighted by Gasteiger charge is -2.25. The second kappa shape index (κ2) is 11.4. The van der Waals surface area contributed by atoms with Crippen molar-refractivity contribution in [2.45, 2.75) is 30.4 Å². The minimum Gasteiger partial charge on any atom is -0.333 e. The smallest absolute Gasteiger partial charge is 0.236 e. The Kier molecular flexibility index (Phi) is 7.88. The van der Waals surface area contributed by atoms with Crippen LogP contribution in [0.25, 0.3) is 12.2 Å². The number of H-pyrrole nitrogens is 1. The average molecular weight is 473 g/mol. The van der Waals surface area contributed by atoms with Gasteiger partial charge in [0.1, 0.15) is 11.6 Å². The van der Waals surface area contributed by atoms with Crippen LogP contribution < -0.4 is 0 Å². The Hall–Kier alpha value is -3.71. The van der Waals surface area contributed by atoms with Gasteiger partial charge in [-0.25, -0.2) is 9.37 Å². The van der Waals surface area contributed by atoms with Crippen LogP contribution in [0, 0.1) is 5.82 Å². The molecule has 0 fully saturated rings. The van der Waals surface area contributed by atoms with E-state index in [1.807, 2.05) is 78.6 Å². The Bertz CT molecular complexity index is 1190. The number of carbonyl (C=O) groups excluding carboxylic acids is 1. The predicted molar refractivity (Wildman–Crippen MR) is 134 cm³/mol. The number of benzene rings is 3. The third kappa shape index (κ3) is 6.65. The van der Waals surface area contributed by atoms with E-state index in [1.54, 1.807) is 18.2 Å². The van der Waals surface area contributed by atoms with Gasteiger partial charge < -0.3 is 4.90 Å². The zero-order valence-corrected chi connectivity index (χ0v) is 19.6. The number of rotatable bonds is 9. The average Bonchev–Trinajstić information content (AvgIpc) is 3.31. The molecule has 0 radical (unpaired) electrons. The lowest BCUT2D eigenvalue weighted by Crippen LogP contribution is -2.35. The Balaban J connectivity index is 1.43. The van der Waals surface area contributed by atoms with Crippen LogP contribution in [0.15, 0.2) is 90.1 Å². The molecule has 1 unspecified atom stereocenters. The van der Waals surface area contributed by atoms with Crippen molar-refractivity contribution in [3.63, 3.8) is 0 Å². The Morgan fingerprint density at radius 1 is 0.941 bits per heavy atom. The van der Waals surface area contributed by atoms with E-state index in [1.165, 1.54) is 23.9 Å². The second-order valence-corrected chi connectivity index (χ2v) is 9.12. The zero-order valence-electron chi connectivity index (χ0n) is 18.8. The number of thioether (sulfide) groups is 1. The normalized spacial score (nSPS) is 12.1. The van der Waals surface area contributed by atoms with Gasteiger partial charge in [-0.3, -0.25) is 9.89 Å². The number of nitrogens with one attached hydrogen (secondary N) is 1. The fourth-order valence-corrected chi connectivity index (χ4v) is 4.23. The molecule has 4 rings (SSSR count). The maximum absolute atomic E-state index is 13.4. The highest BCUT2D eigenvalue weighted by Gasteiger charge is 2.23. The van der Waals surface area contributed by atoms with Crippen LogP contribution >= 0.6 is 11.8 Å². The second-order valence-electron chi connectivity index (χ2n) is 7.81. The molecular formula is C27H25FN4OS. The monoisotopic (exact) mass is 472 g/mol. The maximum Gasteiger partial charge on any atom is 0.236 e. The third-order valence-corrected chi connectivity index (χ3v) is 6.11. The van der Waals surface area contributed by atoms with E-state index in [0.717, 1.165) is 16.7 Å². The number of aromatic amines is 1. The molecule has 0 spiro atoms. The fourth-order valence-electron chi connectivity index (χ4n) is 3.42. The van der Waals surface area contributed by atoms with E-state index in [-0.39, 0.29) is 17.0 Å². The highest BCUT2D eigenvalue weighted by molar-refractivity contribution is 8.00. The summed E-state index contributed by atoms with van der Waals surface area (Å²) in [4.78, 5) is 19.7. The molecule has 0 saturated heterocycles. The quantitative estimate of drug-likeness (QED) is 0.312. The third-order valence-electron chi connectivity index (χ3n) is 5.16. The van der Waals surface area contributed by atoms with Crippen molar-refractivity contribution in [1.29, 1.82) is 0 Å². The first kappa shape index (κ1) is 23.4. The Morgan fingerprint density at radius 3 is 2.12 bits per heavy atom. The van der Waals surface area contributed by atoms with Crippen molar-refractivity contribution in [3.05, 3.63) is 113 Å². The molecule has 0 bridgehead atoms. The van der Waals surface area contributed by atoms with Crippen LogP contribution in [-0.2, 0) is 17.9 Å². The molecule has 3 aromatic carbocycles. The number of nitrogens with zero attached hydrogens (tertiary/aromatic N) is 3. The van der Waals surface area contributed by atoms with Gasteiger partial charge in [0.15, 0.2) is 0 Å². The summed E-state index contributed by atoms with van der Waals surface area (Å²) in [6, 6.07) is 26.1. The molecule has 1 heterocycles. The first-order valence-electron chi connectivity index (χ1n) is 11.0. The summed E-state index contributed by atoms with van der Waals surface area (Å²) in [7, 11) is 0. The van der Waals surface area contributed by atoms with E-state index in [9.17, 15) is 9.18 Å². The fraction of sp³-hybridized carbons (Fsp3) is 0.148. The lowest BCUT2D eigenvalue weighted by molar-refractivity contribution is -0.131. The van der Waals surface area contributed by atoms with E-state index in [2.05, 4.69) is 15.2 Å². The van der Waals surface area contributed by atoms with Crippen molar-refractivity contribution in [3.8, 4) is 0 Å². The molecule has 0 saturated carbocycles. The number of carbonyl (C=O) groups is 1. The molecule has 34 heavy (non-hydrogen) atoms. The maximum atomic E-state index is 13.4. The number of amides is 1. The van der Waals surface area contributed by atoms with Gasteiger partial charge in [0.2, 0.25) is 11.1 Å². The van der Waals surface area contributed by atoms with Crippen LogP contribution in [0.4, 0.5) is 4.39 Å². The van der Waals surface area contributed by atoms with E-state index in [0.29, 0.717) is 24.1 Å². The first-order chi connectivity index (χ1) is 16.6. The molecule has 1 amide bonds. The van der Waals surface area contributed by atoms with Gasteiger partial charge >= 0.3 is 0 Å². The molecule has 5 nitrogen and oxygen atoms in total. The molecule has 0 aliphatic rings. The minimum atomic E-state index is -0.364. The summed E-state index contributed by atoms with van der Waals surface area (Å²) >= 11 is 1.32. The molecule has 0 aliphatic heterocycles. The predicted octanol–water partition coefficient (Wildman–Crippen LogP) is 5.82. The highest BCUT2D eigenvalue weighted by Crippen LogP contribution is 2.23. The van der Waals surface area contributed by atoms with Gasteiger partial charge in [0.25, 0.3) is 0 Å². The molecule has 4 aromatic rings. The number of hydrogen-bond acceptors (Lipinski definition) is 4. The van der Waals surface area contributed by atoms with Gasteiger partial charge in [-0.1, -0.05) is 90.6 Å². The van der Waals surface area contributed by atoms with Crippen LogP contribution in [0.3, 0.4) is 0 Å². The number of hydrogen-bond donors (Lipinski definition) is 1. The Labute approximate surface area is 202 Å². The summed E-state index contributed by atoms with van der Waals surface area (Å²) in [6.07, 6.45) is 3.60. The van der Waals surface area contributed by atoms with Crippen LogP contribution in [0.2, 0.25) is 0 Å².